The van der Waals surface area contributed by atoms with Gasteiger partial charge in [0.05, 0.1) is 16.9 Å². The fourth-order valence-corrected chi connectivity index (χ4v) is 12.6. The molecule has 305 valence electrons. The van der Waals surface area contributed by atoms with Gasteiger partial charge in [0.1, 0.15) is 0 Å². The fraction of sp³-hybridized carbons (Fsp3) is 0.222. The number of imidazole rings is 1. The summed E-state index contributed by atoms with van der Waals surface area (Å²) in [5.41, 5.74) is 12.9. The number of thiophene rings is 1. The Hall–Kier alpha value is -4.65. The number of fused-ring (bicyclic) bond motifs is 4. The number of hydrogen-bond donors (Lipinski definition) is 0. The summed E-state index contributed by atoms with van der Waals surface area (Å²) in [6, 6.07) is 54.3. The van der Waals surface area contributed by atoms with E-state index in [2.05, 4.69) is 191 Å². The molecule has 3 heterocycles. The summed E-state index contributed by atoms with van der Waals surface area (Å²) >= 11 is -0.0251. The van der Waals surface area contributed by atoms with Crippen molar-refractivity contribution in [3.05, 3.63) is 168 Å². The van der Waals surface area contributed by atoms with Gasteiger partial charge in [-0.05, 0) is 69.4 Å². The van der Waals surface area contributed by atoms with Crippen molar-refractivity contribution in [1.82, 2.24) is 14.5 Å². The molecule has 6 heteroatoms. The van der Waals surface area contributed by atoms with Crippen LogP contribution in [0, 0.1) is 25.0 Å². The van der Waals surface area contributed by atoms with Crippen molar-refractivity contribution in [2.45, 2.75) is 70.6 Å². The maximum atomic E-state index is 5.24. The second-order valence-corrected chi connectivity index (χ2v) is 29.8. The van der Waals surface area contributed by atoms with Crippen molar-refractivity contribution in [3.8, 4) is 39.5 Å². The number of para-hydroxylation sites is 2. The molecule has 60 heavy (non-hydrogen) atoms. The van der Waals surface area contributed by atoms with Crippen LogP contribution in [-0.4, -0.2) is 27.8 Å². The van der Waals surface area contributed by atoms with Gasteiger partial charge in [0, 0.05) is 36.1 Å². The van der Waals surface area contributed by atoms with Crippen LogP contribution in [0.3, 0.4) is 0 Å². The molecule has 0 aliphatic rings. The topological polar surface area (TPSA) is 30.7 Å². The van der Waals surface area contributed by atoms with Crippen LogP contribution in [0.4, 0.5) is 0 Å². The van der Waals surface area contributed by atoms with Gasteiger partial charge < -0.3 is 4.57 Å². The number of aromatic nitrogens is 3. The second-order valence-electron chi connectivity index (χ2n) is 18.2. The molecule has 1 radical (unpaired) electrons. The van der Waals surface area contributed by atoms with Crippen LogP contribution < -0.4 is 4.40 Å². The van der Waals surface area contributed by atoms with Crippen LogP contribution in [0.15, 0.2) is 140 Å². The quantitative estimate of drug-likeness (QED) is 0.118. The van der Waals surface area contributed by atoms with Gasteiger partial charge in [-0.1, -0.05) is 92.4 Å². The Morgan fingerprint density at radius 1 is 0.767 bits per heavy atom. The monoisotopic (exact) mass is 1040 g/mol. The van der Waals surface area contributed by atoms with Gasteiger partial charge in [-0.25, -0.2) is 0 Å². The summed E-state index contributed by atoms with van der Waals surface area (Å²) in [6.45, 7) is 13.5. The van der Waals surface area contributed by atoms with E-state index in [1.165, 1.54) is 48.0 Å². The van der Waals surface area contributed by atoms with Crippen molar-refractivity contribution in [2.24, 2.45) is 5.92 Å². The van der Waals surface area contributed by atoms with E-state index < -0.39 is 13.3 Å². The average molecular weight is 1040 g/mol. The molecule has 9 rings (SSSR count). The van der Waals surface area contributed by atoms with Gasteiger partial charge >= 0.3 is 126 Å². The molecule has 0 fully saturated rings. The summed E-state index contributed by atoms with van der Waals surface area (Å²) in [4.78, 5) is 9.94. The van der Waals surface area contributed by atoms with E-state index in [-0.39, 0.29) is 25.5 Å². The van der Waals surface area contributed by atoms with Crippen LogP contribution in [0.25, 0.3) is 70.7 Å². The van der Waals surface area contributed by atoms with E-state index >= 15 is 0 Å². The van der Waals surface area contributed by atoms with Gasteiger partial charge in [0.25, 0.3) is 0 Å². The van der Waals surface area contributed by atoms with E-state index in [1.807, 2.05) is 35.6 Å². The molecule has 0 N–H and O–H groups in total. The molecule has 9 aromatic rings. The maximum Gasteiger partial charge on any atom is 0.0774 e. The van der Waals surface area contributed by atoms with Gasteiger partial charge in [0.15, 0.2) is 0 Å². The fourth-order valence-electron chi connectivity index (χ4n) is 7.98. The third-order valence-corrected chi connectivity index (χ3v) is 16.5. The minimum absolute atomic E-state index is 0. The molecule has 0 aliphatic heterocycles. The zero-order valence-electron chi connectivity index (χ0n) is 36.1. The Balaban J connectivity index is 0.000000220. The van der Waals surface area contributed by atoms with Gasteiger partial charge in [0.2, 0.25) is 0 Å². The van der Waals surface area contributed by atoms with E-state index in [9.17, 15) is 0 Å². The molecule has 0 unspecified atom stereocenters. The first-order valence-electron chi connectivity index (χ1n) is 20.7. The normalized spacial score (nSPS) is 11.8. The maximum absolute atomic E-state index is 5.24. The predicted molar refractivity (Wildman–Crippen MR) is 257 cm³/mol. The second kappa shape index (κ2) is 17.8. The molecule has 0 saturated carbocycles. The molecule has 0 atom stereocenters. The number of nitrogens with zero attached hydrogens (tertiary/aromatic N) is 3. The van der Waals surface area contributed by atoms with Gasteiger partial charge in [-0.15, -0.1) is 18.2 Å². The first-order chi connectivity index (χ1) is 28.3. The third-order valence-electron chi connectivity index (χ3n) is 11.0. The van der Waals surface area contributed by atoms with Crippen LogP contribution in [0.5, 0.6) is 0 Å². The smallest absolute Gasteiger partial charge is 0.0774 e. The number of rotatable bonds is 7. The largest absolute Gasteiger partial charge is 0.333 e. The van der Waals surface area contributed by atoms with E-state index in [0.717, 1.165) is 45.8 Å². The summed E-state index contributed by atoms with van der Waals surface area (Å²) in [5.74, 6) is 8.92. The third kappa shape index (κ3) is 9.02. The molecule has 0 aliphatic carbocycles. The standard InChI is InChI=1S/C36H29N2S.C18H24GeN.Ir/c1-23-17-19-26-27-13-10-14-28(34(27)39-33(26)21-23)35-37-30-15-8-9-16-32(30)38(35)31-20-18-25(36(2,3)4)22-29(31)24-11-6-5-7-12-24;1-14(2)11-16-12-18(15-9-7-6-8-10-15)20-13-17(16)19(3,4)5;/h5-13,15-22H,1-4H3;6-9,12-14H,11H2,1-5H3;/q2*-1;. The molecule has 0 spiro atoms. The van der Waals surface area contributed by atoms with Crippen LogP contribution >= 0.6 is 11.3 Å². The Morgan fingerprint density at radius 3 is 2.23 bits per heavy atom. The van der Waals surface area contributed by atoms with Crippen molar-refractivity contribution in [2.75, 3.05) is 0 Å². The number of aryl methyl sites for hydroxylation is 1. The minimum Gasteiger partial charge on any atom is -0.333 e. The molecule has 3 aromatic heterocycles. The first-order valence-corrected chi connectivity index (χ1v) is 28.9. The summed E-state index contributed by atoms with van der Waals surface area (Å²) in [5, 5.41) is 2.55. The van der Waals surface area contributed by atoms with Crippen LogP contribution in [0.2, 0.25) is 17.3 Å². The Kier molecular flexibility index (Phi) is 12.9. The Morgan fingerprint density at radius 2 is 1.52 bits per heavy atom. The zero-order valence-corrected chi connectivity index (χ0v) is 41.5. The van der Waals surface area contributed by atoms with Crippen molar-refractivity contribution < 1.29 is 20.1 Å². The van der Waals surface area contributed by atoms with Crippen molar-refractivity contribution in [1.29, 1.82) is 0 Å². The van der Waals surface area contributed by atoms with Crippen molar-refractivity contribution in [3.63, 3.8) is 0 Å². The molecule has 0 amide bonds. The van der Waals surface area contributed by atoms with Gasteiger partial charge in [-0.2, -0.15) is 11.3 Å². The predicted octanol–water partition coefficient (Wildman–Crippen LogP) is 14.4. The molecular weight excluding hydrogens is 988 g/mol. The number of pyridine rings is 1. The summed E-state index contributed by atoms with van der Waals surface area (Å²) in [7, 11) is 0. The number of benzene rings is 6. The molecule has 0 bridgehead atoms. The SMILES string of the molecule is CC(C)Cc1cc(-c2[c-]cccc2)nc[c]1[Ge]([CH3])([CH3])[CH3].Cc1ccc2c(c1)sc1c(-c3nc4ccccc4n3-c3ccc(C(C)(C)C)cc3-c3ccccc3)[c-]ccc12.[Ir]. The van der Waals surface area contributed by atoms with E-state index in [1.54, 1.807) is 4.40 Å². The number of hydrogen-bond acceptors (Lipinski definition) is 3. The summed E-state index contributed by atoms with van der Waals surface area (Å²) < 4.78 is 6.40. The minimum atomic E-state index is -1.86. The summed E-state index contributed by atoms with van der Waals surface area (Å²) in [6.07, 6.45) is 3.27. The molecule has 3 nitrogen and oxygen atoms in total. The average Bonchev–Trinajstić information content (AvgIpc) is 3.79. The van der Waals surface area contributed by atoms with Crippen molar-refractivity contribution >= 4 is 60.2 Å². The van der Waals surface area contributed by atoms with Gasteiger partial charge in [-0.3, -0.25) is 4.98 Å². The van der Waals surface area contributed by atoms with Crippen LogP contribution in [0.1, 0.15) is 51.3 Å². The Bertz CT molecular complexity index is 2920. The van der Waals surface area contributed by atoms with Crippen LogP contribution in [-0.2, 0) is 31.9 Å². The van der Waals surface area contributed by atoms with E-state index in [0.29, 0.717) is 5.92 Å². The molecule has 0 saturated heterocycles. The molecule has 6 aromatic carbocycles. The first kappa shape index (κ1) is 43.4. The Labute approximate surface area is 376 Å². The van der Waals surface area contributed by atoms with E-state index in [4.69, 9.17) is 9.97 Å². The molecular formula is C54H53GeIrN3S-2. The zero-order chi connectivity index (χ0) is 41.5.